The highest BCUT2D eigenvalue weighted by molar-refractivity contribution is 5.64. The molecule has 0 bridgehead atoms. The largest absolute Gasteiger partial charge is 0.465 e. The molecule has 1 amide bonds. The monoisotopic (exact) mass is 156 g/mol. The summed E-state index contributed by atoms with van der Waals surface area (Å²) in [4.78, 5) is 13.9. The van der Waals surface area contributed by atoms with Crippen LogP contribution in [0, 0.1) is 0 Å². The fourth-order valence-electron chi connectivity index (χ4n) is 0.677. The van der Waals surface area contributed by atoms with Crippen molar-refractivity contribution < 1.29 is 9.90 Å². The van der Waals surface area contributed by atoms with Gasteiger partial charge >= 0.3 is 6.09 Å². The Balaban J connectivity index is 2.56. The van der Waals surface area contributed by atoms with Crippen molar-refractivity contribution >= 4 is 6.09 Å². The van der Waals surface area contributed by atoms with Crippen LogP contribution in [0.2, 0.25) is 0 Å². The molecule has 1 rings (SSSR count). The number of aromatic amines is 1. The molecular formula is C5H8N4O2. The highest BCUT2D eigenvalue weighted by Gasteiger charge is 2.10. The first-order valence-corrected chi connectivity index (χ1v) is 3.05. The van der Waals surface area contributed by atoms with Gasteiger partial charge in [0.2, 0.25) is 0 Å². The van der Waals surface area contributed by atoms with Crippen molar-refractivity contribution in [2.75, 3.05) is 0 Å². The first-order chi connectivity index (χ1) is 5.20. The molecule has 1 atom stereocenters. The Labute approximate surface area is 62.6 Å². The van der Waals surface area contributed by atoms with Crippen LogP contribution < -0.4 is 5.32 Å². The molecule has 0 radical (unpaired) electrons. The first kappa shape index (κ1) is 7.52. The van der Waals surface area contributed by atoms with Gasteiger partial charge in [-0.1, -0.05) is 0 Å². The number of nitrogens with zero attached hydrogens (tertiary/aromatic N) is 2. The van der Waals surface area contributed by atoms with Crippen LogP contribution in [0.4, 0.5) is 4.79 Å². The maximum absolute atomic E-state index is 10.1. The summed E-state index contributed by atoms with van der Waals surface area (Å²) in [5.74, 6) is 0.437. The van der Waals surface area contributed by atoms with Crippen LogP contribution in [-0.4, -0.2) is 26.4 Å². The van der Waals surface area contributed by atoms with E-state index in [-0.39, 0.29) is 6.04 Å². The molecule has 6 heteroatoms. The van der Waals surface area contributed by atoms with Crippen molar-refractivity contribution in [2.45, 2.75) is 13.0 Å². The second-order valence-corrected chi connectivity index (χ2v) is 2.03. The summed E-state index contributed by atoms with van der Waals surface area (Å²) in [5.41, 5.74) is 0. The minimum atomic E-state index is -1.08. The molecule has 0 aliphatic rings. The Morgan fingerprint density at radius 2 is 2.64 bits per heavy atom. The van der Waals surface area contributed by atoms with E-state index in [4.69, 9.17) is 5.11 Å². The number of hydrogen-bond donors (Lipinski definition) is 3. The first-order valence-electron chi connectivity index (χ1n) is 3.05. The van der Waals surface area contributed by atoms with Crippen LogP contribution in [-0.2, 0) is 0 Å². The molecule has 1 heterocycles. The third-order valence-corrected chi connectivity index (χ3v) is 1.16. The summed E-state index contributed by atoms with van der Waals surface area (Å²) in [6, 6.07) is -0.376. The number of hydrogen-bond acceptors (Lipinski definition) is 3. The minimum Gasteiger partial charge on any atom is -0.465 e. The second kappa shape index (κ2) is 3.00. The lowest BCUT2D eigenvalue weighted by atomic mass is 10.3. The Kier molecular flexibility index (Phi) is 2.05. The van der Waals surface area contributed by atoms with Crippen molar-refractivity contribution in [1.82, 2.24) is 20.5 Å². The van der Waals surface area contributed by atoms with E-state index >= 15 is 0 Å². The van der Waals surface area contributed by atoms with Crippen LogP contribution in [0.5, 0.6) is 0 Å². The Bertz CT molecular complexity index is 233. The van der Waals surface area contributed by atoms with E-state index in [0.29, 0.717) is 5.82 Å². The van der Waals surface area contributed by atoms with E-state index in [2.05, 4.69) is 20.5 Å². The van der Waals surface area contributed by atoms with E-state index in [1.54, 1.807) is 6.92 Å². The number of rotatable bonds is 2. The maximum Gasteiger partial charge on any atom is 0.405 e. The minimum absolute atomic E-state index is 0.376. The number of amides is 1. The van der Waals surface area contributed by atoms with Crippen molar-refractivity contribution in [3.8, 4) is 0 Å². The molecule has 0 aliphatic carbocycles. The molecule has 1 aromatic heterocycles. The van der Waals surface area contributed by atoms with E-state index in [1.807, 2.05) is 0 Å². The molecule has 0 aromatic carbocycles. The predicted molar refractivity (Wildman–Crippen MR) is 36.0 cm³/mol. The number of aromatic nitrogens is 3. The van der Waals surface area contributed by atoms with Gasteiger partial charge in [0.1, 0.15) is 6.33 Å². The average Bonchev–Trinajstić information content (AvgIpc) is 2.35. The van der Waals surface area contributed by atoms with Crippen LogP contribution in [0.1, 0.15) is 18.8 Å². The third kappa shape index (κ3) is 1.92. The lowest BCUT2D eigenvalue weighted by molar-refractivity contribution is 0.190. The predicted octanol–water partition coefficient (Wildman–Crippen LogP) is 0.133. The van der Waals surface area contributed by atoms with Crippen LogP contribution in [0.25, 0.3) is 0 Å². The van der Waals surface area contributed by atoms with E-state index < -0.39 is 6.09 Å². The molecule has 6 nitrogen and oxygen atoms in total. The number of nitrogens with one attached hydrogen (secondary N) is 2. The summed E-state index contributed by atoms with van der Waals surface area (Å²) >= 11 is 0. The van der Waals surface area contributed by atoms with Crippen LogP contribution >= 0.6 is 0 Å². The van der Waals surface area contributed by atoms with Gasteiger partial charge in [0, 0.05) is 0 Å². The third-order valence-electron chi connectivity index (χ3n) is 1.16. The Morgan fingerprint density at radius 3 is 3.09 bits per heavy atom. The average molecular weight is 156 g/mol. The normalized spacial score (nSPS) is 12.5. The highest BCUT2D eigenvalue weighted by Crippen LogP contribution is 2.02. The van der Waals surface area contributed by atoms with Crippen molar-refractivity contribution in [2.24, 2.45) is 0 Å². The molecule has 0 aliphatic heterocycles. The fraction of sp³-hybridized carbons (Fsp3) is 0.400. The van der Waals surface area contributed by atoms with Crippen molar-refractivity contribution in [1.29, 1.82) is 0 Å². The molecule has 1 aromatic rings. The summed E-state index contributed by atoms with van der Waals surface area (Å²) in [6.45, 7) is 1.66. The second-order valence-electron chi connectivity index (χ2n) is 2.03. The number of H-pyrrole nitrogens is 1. The van der Waals surface area contributed by atoms with E-state index in [9.17, 15) is 4.79 Å². The van der Waals surface area contributed by atoms with E-state index in [0.717, 1.165) is 0 Å². The lowest BCUT2D eigenvalue weighted by Crippen LogP contribution is -2.25. The molecular weight excluding hydrogens is 148 g/mol. The van der Waals surface area contributed by atoms with Crippen molar-refractivity contribution in [3.05, 3.63) is 12.2 Å². The van der Waals surface area contributed by atoms with Gasteiger partial charge in [-0.05, 0) is 6.92 Å². The van der Waals surface area contributed by atoms with Crippen LogP contribution in [0.3, 0.4) is 0 Å². The smallest absolute Gasteiger partial charge is 0.405 e. The molecule has 1 unspecified atom stereocenters. The van der Waals surface area contributed by atoms with E-state index in [1.165, 1.54) is 6.33 Å². The lowest BCUT2D eigenvalue weighted by Gasteiger charge is -2.04. The van der Waals surface area contributed by atoms with Gasteiger partial charge < -0.3 is 10.4 Å². The summed E-state index contributed by atoms with van der Waals surface area (Å²) in [7, 11) is 0. The summed E-state index contributed by atoms with van der Waals surface area (Å²) < 4.78 is 0. The van der Waals surface area contributed by atoms with Gasteiger partial charge in [-0.2, -0.15) is 5.10 Å². The maximum atomic E-state index is 10.1. The van der Waals surface area contributed by atoms with Gasteiger partial charge in [0.15, 0.2) is 5.82 Å². The SMILES string of the molecule is CC(NC(=O)O)c1nc[nH]n1. The molecule has 3 N–H and O–H groups in total. The Morgan fingerprint density at radius 1 is 1.91 bits per heavy atom. The summed E-state index contributed by atoms with van der Waals surface area (Å²) in [6.07, 6.45) is 0.317. The zero-order valence-electron chi connectivity index (χ0n) is 5.90. The zero-order chi connectivity index (χ0) is 8.27. The van der Waals surface area contributed by atoms with Crippen molar-refractivity contribution in [3.63, 3.8) is 0 Å². The standard InChI is InChI=1S/C5H8N4O2/c1-3(8-5(10)11)4-6-2-7-9-4/h2-3,8H,1H3,(H,10,11)(H,6,7,9). The highest BCUT2D eigenvalue weighted by atomic mass is 16.4. The molecule has 0 fully saturated rings. The summed E-state index contributed by atoms with van der Waals surface area (Å²) in [5, 5.41) is 16.7. The van der Waals surface area contributed by atoms with Gasteiger partial charge in [-0.25, -0.2) is 9.78 Å². The Hall–Kier alpha value is -1.59. The number of carboxylic acid groups (broad SMARTS) is 1. The van der Waals surface area contributed by atoms with Gasteiger partial charge in [0.05, 0.1) is 6.04 Å². The molecule has 60 valence electrons. The fourth-order valence-corrected chi connectivity index (χ4v) is 0.677. The van der Waals surface area contributed by atoms with Gasteiger partial charge in [-0.15, -0.1) is 0 Å². The molecule has 0 saturated carbocycles. The number of carbonyl (C=O) groups is 1. The molecule has 0 saturated heterocycles. The zero-order valence-corrected chi connectivity index (χ0v) is 5.90. The van der Waals surface area contributed by atoms with Gasteiger partial charge in [0.25, 0.3) is 0 Å². The van der Waals surface area contributed by atoms with Gasteiger partial charge in [-0.3, -0.25) is 5.10 Å². The quantitative estimate of drug-likeness (QED) is 0.567. The topological polar surface area (TPSA) is 90.9 Å². The van der Waals surface area contributed by atoms with Crippen LogP contribution in [0.15, 0.2) is 6.33 Å². The molecule has 11 heavy (non-hydrogen) atoms. The molecule has 0 spiro atoms.